The monoisotopic (exact) mass is 773 g/mol. The van der Waals surface area contributed by atoms with E-state index < -0.39 is 72.1 Å². The van der Waals surface area contributed by atoms with E-state index in [2.05, 4.69) is 4.98 Å². The highest BCUT2D eigenvalue weighted by atomic mass is 19.4. The highest BCUT2D eigenvalue weighted by Gasteiger charge is 2.73. The standard InChI is InChI=1S/C39H41F6N5O5/c1-6-10-26-17-27(37(38(40,41)42,39(43,44)45)54-22-25-11-8-7-9-12-25)13-16-31(26)50-24(4)20-49(21-32(50)46)33(51)18-29-35(52)34(48(5)36(29)53)30-15-14-28(19-47-30)55-23(2)3/h6-17,19,23-24,29,34,46H,18,20-22H2,1-5H3/t24-,29?,34?/m0/s1. The van der Waals surface area contributed by atoms with Crippen molar-refractivity contribution < 1.29 is 50.2 Å². The van der Waals surface area contributed by atoms with Crippen LogP contribution in [0.15, 0.2) is 72.9 Å². The molecular weight excluding hydrogens is 732 g/mol. The zero-order valence-electron chi connectivity index (χ0n) is 30.7. The van der Waals surface area contributed by atoms with Gasteiger partial charge in [0.2, 0.25) is 11.8 Å². The number of pyridine rings is 1. The van der Waals surface area contributed by atoms with E-state index in [0.29, 0.717) is 17.5 Å². The zero-order valence-corrected chi connectivity index (χ0v) is 30.7. The molecule has 55 heavy (non-hydrogen) atoms. The summed E-state index contributed by atoms with van der Waals surface area (Å²) >= 11 is 0. The molecule has 2 saturated heterocycles. The van der Waals surface area contributed by atoms with Crippen LogP contribution in [0, 0.1) is 11.3 Å². The number of nitrogens with zero attached hydrogens (tertiary/aromatic N) is 4. The Bertz CT molecular complexity index is 1920. The maximum absolute atomic E-state index is 14.7. The van der Waals surface area contributed by atoms with Gasteiger partial charge in [-0.15, -0.1) is 0 Å². The van der Waals surface area contributed by atoms with Crippen LogP contribution in [0.4, 0.5) is 32.0 Å². The van der Waals surface area contributed by atoms with Crippen LogP contribution in [0.3, 0.4) is 0 Å². The fourth-order valence-corrected chi connectivity index (χ4v) is 6.98. The molecule has 3 aromatic rings. The Morgan fingerprint density at radius 1 is 1.02 bits per heavy atom. The maximum atomic E-state index is 14.7. The average molecular weight is 774 g/mol. The lowest BCUT2D eigenvalue weighted by Crippen LogP contribution is -2.57. The van der Waals surface area contributed by atoms with Gasteiger partial charge >= 0.3 is 12.4 Å². The lowest BCUT2D eigenvalue weighted by Gasteiger charge is -2.42. The molecule has 294 valence electrons. The number of likely N-dealkylation sites (tertiary alicyclic amines) is 1. The lowest BCUT2D eigenvalue weighted by molar-refractivity contribution is -0.392. The van der Waals surface area contributed by atoms with Crippen LogP contribution >= 0.6 is 0 Å². The topological polar surface area (TPSA) is 116 Å². The van der Waals surface area contributed by atoms with Crippen molar-refractivity contribution in [2.45, 2.75) is 76.9 Å². The Hall–Kier alpha value is -5.25. The maximum Gasteiger partial charge on any atom is 0.430 e. The summed E-state index contributed by atoms with van der Waals surface area (Å²) in [6.45, 7) is 5.55. The number of likely N-dealkylation sites (N-methyl/N-ethyl adjacent to an activating group) is 1. The number of carbonyl (C=O) groups excluding carboxylic acids is 3. The third-order valence-electron chi connectivity index (χ3n) is 9.48. The predicted octanol–water partition coefficient (Wildman–Crippen LogP) is 7.24. The normalized spacial score (nSPS) is 20.0. The molecule has 1 aromatic heterocycles. The van der Waals surface area contributed by atoms with Crippen LogP contribution in [-0.4, -0.2) is 82.9 Å². The summed E-state index contributed by atoms with van der Waals surface area (Å²) in [6.07, 6.45) is -8.19. The quantitative estimate of drug-likeness (QED) is 0.161. The van der Waals surface area contributed by atoms with E-state index >= 15 is 0 Å². The van der Waals surface area contributed by atoms with Crippen LogP contribution in [0.25, 0.3) is 6.08 Å². The van der Waals surface area contributed by atoms with Crippen molar-refractivity contribution in [3.8, 4) is 5.75 Å². The minimum atomic E-state index is -5.92. The molecule has 2 fully saturated rings. The van der Waals surface area contributed by atoms with E-state index in [0.717, 1.165) is 12.1 Å². The number of Topliss-reactive ketones (excluding diaryl/α,β-unsaturated/α-hetero) is 1. The molecule has 0 aliphatic carbocycles. The van der Waals surface area contributed by atoms with Crippen molar-refractivity contribution in [3.05, 3.63) is 95.3 Å². The first kappa shape index (κ1) is 40.9. The molecule has 16 heteroatoms. The van der Waals surface area contributed by atoms with Gasteiger partial charge in [0.1, 0.15) is 23.5 Å². The Balaban J connectivity index is 1.36. The molecule has 2 aliphatic rings. The molecule has 0 spiro atoms. The van der Waals surface area contributed by atoms with Gasteiger partial charge in [-0.25, -0.2) is 0 Å². The number of benzene rings is 2. The minimum Gasteiger partial charge on any atom is -0.489 e. The molecule has 5 rings (SSSR count). The number of ketones is 1. The van der Waals surface area contributed by atoms with E-state index in [1.165, 1.54) is 71.3 Å². The molecule has 1 N–H and O–H groups in total. The SMILES string of the molecule is CC=Cc1cc(C(OCc2ccccc2)(C(F)(F)F)C(F)(F)F)ccc1N1C(=N)CN(C(=O)CC2C(=O)C(c3ccc(OC(C)C)cn3)N(C)C2=O)C[C@@H]1C. The van der Waals surface area contributed by atoms with Crippen molar-refractivity contribution >= 4 is 35.2 Å². The molecule has 0 saturated carbocycles. The Labute approximate surface area is 314 Å². The number of carbonyl (C=O) groups is 3. The van der Waals surface area contributed by atoms with Gasteiger partial charge in [0.15, 0.2) is 5.78 Å². The number of aromatic nitrogens is 1. The van der Waals surface area contributed by atoms with E-state index in [9.17, 15) is 40.7 Å². The second-order valence-corrected chi connectivity index (χ2v) is 13.8. The number of rotatable bonds is 11. The molecule has 0 bridgehead atoms. The van der Waals surface area contributed by atoms with Crippen molar-refractivity contribution in [3.63, 3.8) is 0 Å². The molecule has 2 aliphatic heterocycles. The van der Waals surface area contributed by atoms with Crippen molar-refractivity contribution in [2.24, 2.45) is 5.92 Å². The molecule has 2 amide bonds. The van der Waals surface area contributed by atoms with Crippen molar-refractivity contribution in [1.82, 2.24) is 14.8 Å². The number of allylic oxidation sites excluding steroid dienone is 1. The number of alkyl halides is 6. The van der Waals surface area contributed by atoms with E-state index in [1.54, 1.807) is 25.1 Å². The predicted molar refractivity (Wildman–Crippen MR) is 191 cm³/mol. The van der Waals surface area contributed by atoms with Crippen LogP contribution in [0.2, 0.25) is 0 Å². The number of hydrogen-bond acceptors (Lipinski definition) is 7. The van der Waals surface area contributed by atoms with Gasteiger partial charge in [0.25, 0.3) is 5.60 Å². The summed E-state index contributed by atoms with van der Waals surface area (Å²) in [6, 6.07) is 11.2. The lowest BCUT2D eigenvalue weighted by atomic mass is 9.89. The minimum absolute atomic E-state index is 0.0271. The number of nitrogens with one attached hydrogen (secondary N) is 1. The van der Waals surface area contributed by atoms with E-state index in [4.69, 9.17) is 14.9 Å². The number of ether oxygens (including phenoxy) is 2. The summed E-state index contributed by atoms with van der Waals surface area (Å²) < 4.78 is 98.3. The smallest absolute Gasteiger partial charge is 0.430 e. The molecule has 10 nitrogen and oxygen atoms in total. The van der Waals surface area contributed by atoms with Crippen molar-refractivity contribution in [2.75, 3.05) is 25.0 Å². The van der Waals surface area contributed by atoms with Gasteiger partial charge in [-0.1, -0.05) is 48.6 Å². The molecule has 3 heterocycles. The third-order valence-corrected chi connectivity index (χ3v) is 9.48. The highest BCUT2D eigenvalue weighted by molar-refractivity contribution is 6.12. The average Bonchev–Trinajstić information content (AvgIpc) is 3.31. The van der Waals surface area contributed by atoms with Crippen LogP contribution in [-0.2, 0) is 31.3 Å². The summed E-state index contributed by atoms with van der Waals surface area (Å²) in [4.78, 5) is 48.5. The number of amidine groups is 1. The van der Waals surface area contributed by atoms with Crippen LogP contribution in [0.1, 0.15) is 62.5 Å². The van der Waals surface area contributed by atoms with Crippen LogP contribution < -0.4 is 9.64 Å². The van der Waals surface area contributed by atoms with Gasteiger partial charge < -0.3 is 24.2 Å². The fourth-order valence-electron chi connectivity index (χ4n) is 6.98. The summed E-state index contributed by atoms with van der Waals surface area (Å²) in [5, 5.41) is 8.87. The third kappa shape index (κ3) is 8.09. The largest absolute Gasteiger partial charge is 0.489 e. The second kappa shape index (κ2) is 15.8. The van der Waals surface area contributed by atoms with Gasteiger partial charge in [0.05, 0.1) is 37.2 Å². The van der Waals surface area contributed by atoms with Crippen LogP contribution in [0.5, 0.6) is 5.75 Å². The highest BCUT2D eigenvalue weighted by Crippen LogP contribution is 2.54. The van der Waals surface area contributed by atoms with E-state index in [1.807, 2.05) is 13.8 Å². The summed E-state index contributed by atoms with van der Waals surface area (Å²) in [7, 11) is 1.45. The summed E-state index contributed by atoms with van der Waals surface area (Å²) in [5.74, 6) is -2.64. The number of anilines is 1. The number of amides is 2. The van der Waals surface area contributed by atoms with Gasteiger partial charge in [-0.2, -0.15) is 26.3 Å². The first-order valence-electron chi connectivity index (χ1n) is 17.5. The van der Waals surface area contributed by atoms with Crippen molar-refractivity contribution in [1.29, 1.82) is 5.41 Å². The molecular formula is C39H41F6N5O5. The second-order valence-electron chi connectivity index (χ2n) is 13.8. The number of halogens is 6. The molecule has 3 atom stereocenters. The van der Waals surface area contributed by atoms with Gasteiger partial charge in [-0.3, -0.25) is 24.8 Å². The zero-order chi connectivity index (χ0) is 40.5. The Morgan fingerprint density at radius 3 is 2.25 bits per heavy atom. The molecule has 2 unspecified atom stereocenters. The van der Waals surface area contributed by atoms with Gasteiger partial charge in [0, 0.05) is 31.3 Å². The molecule has 0 radical (unpaired) electrons. The first-order valence-corrected chi connectivity index (χ1v) is 17.5. The first-order chi connectivity index (χ1) is 25.8. The Morgan fingerprint density at radius 2 is 1.69 bits per heavy atom. The molecule has 2 aromatic carbocycles. The van der Waals surface area contributed by atoms with Gasteiger partial charge in [-0.05, 0) is 63.1 Å². The number of hydrogen-bond donors (Lipinski definition) is 1. The number of piperazine rings is 1. The van der Waals surface area contributed by atoms with E-state index in [-0.39, 0.29) is 41.8 Å². The fraction of sp³-hybridized carbons (Fsp3) is 0.410. The Kier molecular flexibility index (Phi) is 11.8. The summed E-state index contributed by atoms with van der Waals surface area (Å²) in [5.41, 5.74) is -5.38.